The molecule has 10 aromatic carbocycles. The molecule has 0 amide bonds. The number of benzene rings is 10. The van der Waals surface area contributed by atoms with Crippen LogP contribution < -0.4 is 131 Å². The molecule has 0 unspecified atom stereocenters. The summed E-state index contributed by atoms with van der Waals surface area (Å²) in [5, 5.41) is 3.28. The van der Waals surface area contributed by atoms with Gasteiger partial charge in [-0.1, -0.05) is 113 Å². The standard InChI is InChI=1S/C50H6B24O/c51-25-12(16-19(32(58)42(68)39(65)29(16)55)20-22(25)34(60)44(70)43(69)33(20)59)10-6-5-9(7-3-1-2-4-8(7)10)11-14-17(30(56)40(66)37(63)27(14)53)13(18-15(11)28(54)38(64)41(67)31(18)57)21-26(52)23-24-36(62)45(71)46(72)48(74)50(24)75-49(23)47(73)35(21)61/h1-6H. The lowest BCUT2D eigenvalue weighted by Gasteiger charge is -2.31. The third-order valence-corrected chi connectivity index (χ3v) is 15.0. The van der Waals surface area contributed by atoms with Crippen LogP contribution >= 0.6 is 0 Å². The van der Waals surface area contributed by atoms with Crippen LogP contribution in [0.4, 0.5) is 0 Å². The molecule has 0 fully saturated rings. The Morgan fingerprint density at radius 3 is 0.867 bits per heavy atom. The van der Waals surface area contributed by atoms with Gasteiger partial charge in [0.05, 0.1) is 0 Å². The molecule has 284 valence electrons. The van der Waals surface area contributed by atoms with Gasteiger partial charge in [-0.2, -0.15) is 0 Å². The molecule has 48 radical (unpaired) electrons. The zero-order valence-corrected chi connectivity index (χ0v) is 39.7. The van der Waals surface area contributed by atoms with E-state index in [0.717, 1.165) is 0 Å². The largest absolute Gasteiger partial charge is 0.457 e. The predicted molar refractivity (Wildman–Crippen MR) is 347 cm³/mol. The van der Waals surface area contributed by atoms with Crippen molar-refractivity contribution in [2.24, 2.45) is 0 Å². The van der Waals surface area contributed by atoms with Crippen molar-refractivity contribution in [3.63, 3.8) is 0 Å². The Hall–Kier alpha value is -5.14. The minimum absolute atomic E-state index is 0.00161. The maximum absolute atomic E-state index is 7.30. The summed E-state index contributed by atoms with van der Waals surface area (Å²) in [7, 11) is 163. The summed E-state index contributed by atoms with van der Waals surface area (Å²) in [6, 6.07) is 10.9. The molecule has 0 saturated heterocycles. The summed E-state index contributed by atoms with van der Waals surface area (Å²) in [5.41, 5.74) is 1.22. The zero-order valence-electron chi connectivity index (χ0n) is 39.7. The number of furan rings is 1. The van der Waals surface area contributed by atoms with Crippen LogP contribution in [0.1, 0.15) is 0 Å². The summed E-state index contributed by atoms with van der Waals surface area (Å²) < 4.78 is 6.23. The molecule has 0 N–H and O–H groups in total. The Morgan fingerprint density at radius 2 is 0.453 bits per heavy atom. The Kier molecular flexibility index (Phi) is 12.3. The SMILES string of the molecule is [B]c1c([B])c([B])c2c(oc3c([B])c([B])c(-c4c5c([B])c([B])c([B])c([B])c5c(-c5ccc(-c6c([B])c7c([B])c([B])c([B])c([B])c7c7c([B])c([B])c([B])c([B])c67)c6ccccc56)c5c([B])c([B])c([B])c([B])c45)c([B])c32)c1[B]. The third kappa shape index (κ3) is 6.67. The van der Waals surface area contributed by atoms with E-state index in [0.29, 0.717) is 38.4 Å². The highest BCUT2D eigenvalue weighted by Crippen LogP contribution is 2.45. The van der Waals surface area contributed by atoms with Crippen molar-refractivity contribution in [3.8, 4) is 33.4 Å². The van der Waals surface area contributed by atoms with Crippen molar-refractivity contribution in [1.29, 1.82) is 0 Å². The van der Waals surface area contributed by atoms with Gasteiger partial charge in [-0.25, -0.2) is 0 Å². The molecule has 0 atom stereocenters. The Labute approximate surface area is 466 Å². The second-order valence-electron chi connectivity index (χ2n) is 18.6. The van der Waals surface area contributed by atoms with Crippen LogP contribution in [0.2, 0.25) is 0 Å². The molecule has 75 heavy (non-hydrogen) atoms. The average Bonchev–Trinajstić information content (AvgIpc) is 3.84. The predicted octanol–water partition coefficient (Wildman–Crippen LogP) is -14.6. The van der Waals surface area contributed by atoms with Crippen LogP contribution in [-0.4, -0.2) is 188 Å². The van der Waals surface area contributed by atoms with Gasteiger partial charge in [0.1, 0.15) is 199 Å². The van der Waals surface area contributed by atoms with Gasteiger partial charge >= 0.3 is 0 Å². The topological polar surface area (TPSA) is 13.1 Å². The van der Waals surface area contributed by atoms with E-state index in [9.17, 15) is 0 Å². The highest BCUT2D eigenvalue weighted by atomic mass is 16.3. The van der Waals surface area contributed by atoms with Crippen LogP contribution in [-0.2, 0) is 0 Å². The van der Waals surface area contributed by atoms with Crippen molar-refractivity contribution < 1.29 is 4.42 Å². The number of hydrogen-bond donors (Lipinski definition) is 0. The summed E-state index contributed by atoms with van der Waals surface area (Å²) in [4.78, 5) is 0. The Morgan fingerprint density at radius 1 is 0.187 bits per heavy atom. The molecule has 0 aliphatic carbocycles. The van der Waals surface area contributed by atoms with Gasteiger partial charge < -0.3 is 4.42 Å². The van der Waals surface area contributed by atoms with Crippen molar-refractivity contribution in [2.45, 2.75) is 0 Å². The summed E-state index contributed by atoms with van der Waals surface area (Å²) in [6.45, 7) is 0. The molecule has 25 heteroatoms. The monoisotopic (exact) mass is 886 g/mol. The zero-order chi connectivity index (χ0) is 54.4. The number of fused-ring (bicyclic) bond motifs is 9. The maximum Gasteiger partial charge on any atom is 0.127 e. The minimum Gasteiger partial charge on any atom is -0.457 e. The molecule has 11 aromatic rings. The smallest absolute Gasteiger partial charge is 0.127 e. The van der Waals surface area contributed by atoms with Gasteiger partial charge in [0, 0.05) is 10.8 Å². The fourth-order valence-electron chi connectivity index (χ4n) is 11.1. The quantitative estimate of drug-likeness (QED) is 0.0979. The van der Waals surface area contributed by atoms with Gasteiger partial charge in [-0.3, -0.25) is 0 Å². The number of rotatable bonds is 3. The molecule has 11 rings (SSSR count). The van der Waals surface area contributed by atoms with Gasteiger partial charge in [0.2, 0.25) is 0 Å². The Bertz CT molecular complexity index is 4500. The van der Waals surface area contributed by atoms with Gasteiger partial charge in [0.25, 0.3) is 0 Å². The van der Waals surface area contributed by atoms with Crippen LogP contribution in [0.25, 0.3) is 109 Å². The second-order valence-corrected chi connectivity index (χ2v) is 18.6. The fourth-order valence-corrected chi connectivity index (χ4v) is 11.1. The van der Waals surface area contributed by atoms with Crippen LogP contribution in [0.3, 0.4) is 0 Å². The van der Waals surface area contributed by atoms with E-state index in [-0.39, 0.29) is 202 Å². The third-order valence-electron chi connectivity index (χ3n) is 15.0. The van der Waals surface area contributed by atoms with E-state index in [2.05, 4.69) is 0 Å². The van der Waals surface area contributed by atoms with E-state index in [1.165, 1.54) is 0 Å². The molecular weight excluding hydrogens is 876 g/mol. The van der Waals surface area contributed by atoms with Gasteiger partial charge in [-0.05, 0) is 87.2 Å². The molecular formula is C50H6B24O. The fraction of sp³-hybridized carbons (Fsp3) is 0. The normalized spacial score (nSPS) is 11.9. The second kappa shape index (κ2) is 17.7. The molecule has 1 aromatic heterocycles. The highest BCUT2D eigenvalue weighted by molar-refractivity contribution is 6.76. The van der Waals surface area contributed by atoms with Gasteiger partial charge in [0.15, 0.2) is 0 Å². The summed E-state index contributed by atoms with van der Waals surface area (Å²) >= 11 is 0. The first-order valence-corrected chi connectivity index (χ1v) is 22.6. The molecule has 0 bridgehead atoms. The average molecular weight is 882 g/mol. The molecule has 0 aliphatic rings. The lowest BCUT2D eigenvalue weighted by molar-refractivity contribution is 0.675. The van der Waals surface area contributed by atoms with E-state index in [4.69, 9.17) is 193 Å². The van der Waals surface area contributed by atoms with E-state index in [1.54, 1.807) is 12.1 Å². The van der Waals surface area contributed by atoms with Crippen molar-refractivity contribution in [2.75, 3.05) is 0 Å². The van der Waals surface area contributed by atoms with E-state index in [1.807, 2.05) is 24.3 Å². The van der Waals surface area contributed by atoms with Crippen molar-refractivity contribution in [3.05, 3.63) is 36.4 Å². The minimum atomic E-state index is -0.113. The molecule has 0 spiro atoms. The highest BCUT2D eigenvalue weighted by Gasteiger charge is 2.30. The van der Waals surface area contributed by atoms with Crippen LogP contribution in [0, 0.1) is 0 Å². The lowest BCUT2D eigenvalue weighted by Crippen LogP contribution is -2.51. The summed E-state index contributed by atoms with van der Waals surface area (Å²) in [6.07, 6.45) is 0. The van der Waals surface area contributed by atoms with Gasteiger partial charge in [-0.15, -0.1) is 54.6 Å². The molecule has 1 heterocycles. The van der Waals surface area contributed by atoms with E-state index >= 15 is 0 Å². The first-order chi connectivity index (χ1) is 35.3. The first-order valence-electron chi connectivity index (χ1n) is 22.6. The van der Waals surface area contributed by atoms with Crippen molar-refractivity contribution in [1.82, 2.24) is 0 Å². The number of hydrogen-bond acceptors (Lipinski definition) is 1. The molecule has 0 saturated carbocycles. The summed E-state index contributed by atoms with van der Waals surface area (Å²) in [5.74, 6) is 0. The van der Waals surface area contributed by atoms with Crippen molar-refractivity contribution >= 4 is 395 Å². The molecule has 0 aliphatic heterocycles. The first kappa shape index (κ1) is 51.9. The Balaban J connectivity index is 1.37. The molecule has 1 nitrogen and oxygen atoms in total. The maximum atomic E-state index is 7.30. The van der Waals surface area contributed by atoms with Crippen LogP contribution in [0.15, 0.2) is 40.8 Å². The lowest BCUT2D eigenvalue weighted by atomic mass is 9.58. The van der Waals surface area contributed by atoms with E-state index < -0.39 is 0 Å². The van der Waals surface area contributed by atoms with Crippen LogP contribution in [0.5, 0.6) is 0 Å².